The Balaban J connectivity index is 2.77. The summed E-state index contributed by atoms with van der Waals surface area (Å²) in [6.45, 7) is -0.610. The first kappa shape index (κ1) is 15.1. The van der Waals surface area contributed by atoms with Crippen LogP contribution in [0.4, 0.5) is 27.6 Å². The molecule has 1 aromatic rings. The zero-order valence-corrected chi connectivity index (χ0v) is 9.34. The van der Waals surface area contributed by atoms with Crippen molar-refractivity contribution in [3.63, 3.8) is 0 Å². The van der Waals surface area contributed by atoms with Gasteiger partial charge in [-0.05, 0) is 12.5 Å². The molecule has 19 heavy (non-hydrogen) atoms. The van der Waals surface area contributed by atoms with Gasteiger partial charge in [-0.1, -0.05) is 0 Å². The van der Waals surface area contributed by atoms with E-state index in [0.29, 0.717) is 12.1 Å². The van der Waals surface area contributed by atoms with Crippen LogP contribution in [-0.4, -0.2) is 17.7 Å². The molecule has 1 aromatic carbocycles. The third-order valence-electron chi connectivity index (χ3n) is 2.08. The van der Waals surface area contributed by atoms with E-state index in [1.165, 1.54) is 0 Å². The second kappa shape index (κ2) is 5.81. The normalized spacial score (nSPS) is 11.4. The summed E-state index contributed by atoms with van der Waals surface area (Å²) in [5.41, 5.74) is -0.842. The van der Waals surface area contributed by atoms with Gasteiger partial charge in [0, 0.05) is 12.5 Å². The number of rotatable bonds is 5. The molecule has 0 aromatic heterocycles. The standard InChI is InChI=1S/C10H8F5NO3/c11-6-2-3-7(16(17)18)9(8(6)12)19-5-1-4-10(13,14)15/h2-3H,1,4-5H2. The van der Waals surface area contributed by atoms with E-state index in [9.17, 15) is 32.1 Å². The topological polar surface area (TPSA) is 52.4 Å². The molecule has 0 spiro atoms. The van der Waals surface area contributed by atoms with E-state index in [4.69, 9.17) is 0 Å². The number of alkyl halides is 3. The summed E-state index contributed by atoms with van der Waals surface area (Å²) in [5.74, 6) is -3.97. The van der Waals surface area contributed by atoms with Gasteiger partial charge < -0.3 is 4.74 Å². The maximum absolute atomic E-state index is 13.3. The lowest BCUT2D eigenvalue weighted by Crippen LogP contribution is -2.11. The number of hydrogen-bond acceptors (Lipinski definition) is 3. The van der Waals surface area contributed by atoms with E-state index in [0.717, 1.165) is 0 Å². The third kappa shape index (κ3) is 4.34. The monoisotopic (exact) mass is 285 g/mol. The van der Waals surface area contributed by atoms with Crippen molar-refractivity contribution in [1.29, 1.82) is 0 Å². The van der Waals surface area contributed by atoms with Crippen LogP contribution >= 0.6 is 0 Å². The van der Waals surface area contributed by atoms with Crippen molar-refractivity contribution in [3.05, 3.63) is 33.9 Å². The molecule has 0 saturated heterocycles. The molecule has 1 rings (SSSR count). The average molecular weight is 285 g/mol. The van der Waals surface area contributed by atoms with Gasteiger partial charge in [0.15, 0.2) is 5.82 Å². The predicted octanol–water partition coefficient (Wildman–Crippen LogP) is 3.59. The van der Waals surface area contributed by atoms with Crippen LogP contribution in [0.3, 0.4) is 0 Å². The predicted molar refractivity (Wildman–Crippen MR) is 53.8 cm³/mol. The van der Waals surface area contributed by atoms with Crippen LogP contribution in [0, 0.1) is 21.7 Å². The van der Waals surface area contributed by atoms with Gasteiger partial charge in [0.25, 0.3) is 0 Å². The Hall–Kier alpha value is -1.93. The van der Waals surface area contributed by atoms with Crippen molar-refractivity contribution >= 4 is 5.69 Å². The van der Waals surface area contributed by atoms with Crippen molar-refractivity contribution in [2.24, 2.45) is 0 Å². The number of halogens is 5. The summed E-state index contributed by atoms with van der Waals surface area (Å²) in [5, 5.41) is 10.5. The van der Waals surface area contributed by atoms with Gasteiger partial charge in [0.05, 0.1) is 11.5 Å². The van der Waals surface area contributed by atoms with E-state index in [1.807, 2.05) is 0 Å². The summed E-state index contributed by atoms with van der Waals surface area (Å²) in [7, 11) is 0. The molecule has 0 N–H and O–H groups in total. The van der Waals surface area contributed by atoms with Crippen molar-refractivity contribution < 1.29 is 31.6 Å². The van der Waals surface area contributed by atoms with Gasteiger partial charge in [-0.3, -0.25) is 10.1 Å². The summed E-state index contributed by atoms with van der Waals surface area (Å²) >= 11 is 0. The number of benzene rings is 1. The van der Waals surface area contributed by atoms with E-state index < -0.39 is 53.6 Å². The molecule has 0 saturated carbocycles. The Kier molecular flexibility index (Phi) is 4.62. The van der Waals surface area contributed by atoms with E-state index in [2.05, 4.69) is 4.74 Å². The number of nitro groups is 1. The minimum Gasteiger partial charge on any atom is -0.485 e. The second-order valence-corrected chi connectivity index (χ2v) is 3.53. The van der Waals surface area contributed by atoms with Gasteiger partial charge in [-0.25, -0.2) is 4.39 Å². The first-order valence-corrected chi connectivity index (χ1v) is 5.04. The van der Waals surface area contributed by atoms with Crippen molar-refractivity contribution in [2.45, 2.75) is 19.0 Å². The molecule has 0 heterocycles. The highest BCUT2D eigenvalue weighted by atomic mass is 19.4. The minimum atomic E-state index is -4.41. The van der Waals surface area contributed by atoms with Crippen LogP contribution in [0.2, 0.25) is 0 Å². The van der Waals surface area contributed by atoms with Crippen LogP contribution in [-0.2, 0) is 0 Å². The molecule has 9 heteroatoms. The van der Waals surface area contributed by atoms with Crippen LogP contribution in [0.5, 0.6) is 5.75 Å². The summed E-state index contributed by atoms with van der Waals surface area (Å²) in [6.07, 6.45) is -6.11. The second-order valence-electron chi connectivity index (χ2n) is 3.53. The van der Waals surface area contributed by atoms with Crippen LogP contribution in [0.15, 0.2) is 12.1 Å². The Morgan fingerprint density at radius 3 is 2.42 bits per heavy atom. The SMILES string of the molecule is O=[N+]([O-])c1ccc(F)c(F)c1OCCCC(F)(F)F. The number of nitrogens with zero attached hydrogens (tertiary/aromatic N) is 1. The number of nitro benzene ring substituents is 1. The largest absolute Gasteiger partial charge is 0.485 e. The third-order valence-corrected chi connectivity index (χ3v) is 2.08. The van der Waals surface area contributed by atoms with Gasteiger partial charge in [-0.15, -0.1) is 0 Å². The quantitative estimate of drug-likeness (QED) is 0.359. The number of hydrogen-bond donors (Lipinski definition) is 0. The molecule has 4 nitrogen and oxygen atoms in total. The maximum atomic E-state index is 13.3. The van der Waals surface area contributed by atoms with Crippen LogP contribution in [0.25, 0.3) is 0 Å². The van der Waals surface area contributed by atoms with Crippen molar-refractivity contribution in [2.75, 3.05) is 6.61 Å². The lowest BCUT2D eigenvalue weighted by atomic mass is 10.2. The average Bonchev–Trinajstić information content (AvgIpc) is 2.28. The Labute approximate surface area is 103 Å². The van der Waals surface area contributed by atoms with Gasteiger partial charge in [0.2, 0.25) is 11.6 Å². The molecule has 0 aliphatic carbocycles. The molecule has 106 valence electrons. The minimum absolute atomic E-state index is 0.517. The van der Waals surface area contributed by atoms with Gasteiger partial charge in [-0.2, -0.15) is 17.6 Å². The summed E-state index contributed by atoms with van der Waals surface area (Å²) in [6, 6.07) is 1.22. The molecular formula is C10H8F5NO3. The molecule has 0 radical (unpaired) electrons. The highest BCUT2D eigenvalue weighted by molar-refractivity contribution is 5.47. The smallest absolute Gasteiger partial charge is 0.389 e. The molecular weight excluding hydrogens is 277 g/mol. The van der Waals surface area contributed by atoms with Gasteiger partial charge >= 0.3 is 11.9 Å². The fourth-order valence-electron chi connectivity index (χ4n) is 1.25. The lowest BCUT2D eigenvalue weighted by Gasteiger charge is -2.09. The van der Waals surface area contributed by atoms with E-state index in [-0.39, 0.29) is 0 Å². The Morgan fingerprint density at radius 2 is 1.89 bits per heavy atom. The van der Waals surface area contributed by atoms with E-state index in [1.54, 1.807) is 0 Å². The molecule has 0 fully saturated rings. The summed E-state index contributed by atoms with van der Waals surface area (Å²) < 4.78 is 66.2. The molecule has 0 unspecified atom stereocenters. The Morgan fingerprint density at radius 1 is 1.26 bits per heavy atom. The van der Waals surface area contributed by atoms with E-state index >= 15 is 0 Å². The molecule has 0 amide bonds. The van der Waals surface area contributed by atoms with Crippen molar-refractivity contribution in [1.82, 2.24) is 0 Å². The zero-order valence-electron chi connectivity index (χ0n) is 9.34. The maximum Gasteiger partial charge on any atom is 0.389 e. The molecule has 0 bridgehead atoms. The molecule has 0 aliphatic heterocycles. The van der Waals surface area contributed by atoms with Crippen LogP contribution in [0.1, 0.15) is 12.8 Å². The van der Waals surface area contributed by atoms with Crippen LogP contribution < -0.4 is 4.74 Å². The highest BCUT2D eigenvalue weighted by Gasteiger charge is 2.27. The van der Waals surface area contributed by atoms with Crippen molar-refractivity contribution in [3.8, 4) is 5.75 Å². The molecule has 0 atom stereocenters. The number of ether oxygens (including phenoxy) is 1. The molecule has 0 aliphatic rings. The highest BCUT2D eigenvalue weighted by Crippen LogP contribution is 2.32. The Bertz CT molecular complexity index is 475. The lowest BCUT2D eigenvalue weighted by molar-refractivity contribution is -0.386. The fraction of sp³-hybridized carbons (Fsp3) is 0.400. The first-order valence-electron chi connectivity index (χ1n) is 5.04. The summed E-state index contributed by atoms with van der Waals surface area (Å²) in [4.78, 5) is 9.52. The fourth-order valence-corrected chi connectivity index (χ4v) is 1.25. The van der Waals surface area contributed by atoms with Gasteiger partial charge in [0.1, 0.15) is 0 Å². The first-order chi connectivity index (χ1) is 8.72. The zero-order chi connectivity index (χ0) is 14.6.